The Kier molecular flexibility index (Phi) is 4.47. The number of aromatic amines is 1. The number of methoxy groups -OCH3 is 1. The Morgan fingerprint density at radius 2 is 1.96 bits per heavy atom. The Bertz CT molecular complexity index is 1020. The number of hydrogen-bond acceptors (Lipinski definition) is 3. The first-order valence-electron chi connectivity index (χ1n) is 8.67. The number of H-pyrrole nitrogens is 1. The number of nitrogens with one attached hydrogen (secondary N) is 1. The highest BCUT2D eigenvalue weighted by Crippen LogP contribution is 2.39. The molecule has 0 spiro atoms. The molecule has 0 aliphatic rings. The summed E-state index contributed by atoms with van der Waals surface area (Å²) in [6.45, 7) is 0.738. The van der Waals surface area contributed by atoms with E-state index in [0.29, 0.717) is 0 Å². The molecule has 2 heterocycles. The lowest BCUT2D eigenvalue weighted by molar-refractivity contribution is 0.415. The summed E-state index contributed by atoms with van der Waals surface area (Å²) in [5.74, 6) is 0.897. The quantitative estimate of drug-likeness (QED) is 0.461. The number of nitrogens with two attached hydrogens (primary N) is 1. The topological polar surface area (TPSA) is 51.0 Å². The Morgan fingerprint density at radius 3 is 2.80 bits per heavy atom. The van der Waals surface area contributed by atoms with E-state index in [1.807, 2.05) is 6.07 Å². The van der Waals surface area contributed by atoms with Gasteiger partial charge in [-0.15, -0.1) is 11.3 Å². The van der Waals surface area contributed by atoms with Crippen molar-refractivity contribution in [2.45, 2.75) is 19.3 Å². The Labute approximate surface area is 151 Å². The van der Waals surface area contributed by atoms with E-state index in [1.165, 1.54) is 32.3 Å². The van der Waals surface area contributed by atoms with Crippen molar-refractivity contribution in [2.75, 3.05) is 13.7 Å². The van der Waals surface area contributed by atoms with Crippen LogP contribution in [0.1, 0.15) is 18.4 Å². The SMILES string of the molecule is COc1ccc2[nH]c(-c3csc4ccccc34)c(CCCCN)c2c1. The van der Waals surface area contributed by atoms with Crippen molar-refractivity contribution in [3.05, 3.63) is 53.4 Å². The van der Waals surface area contributed by atoms with E-state index in [4.69, 9.17) is 10.5 Å². The first kappa shape index (κ1) is 16.2. The van der Waals surface area contributed by atoms with Crippen molar-refractivity contribution < 1.29 is 4.74 Å². The average Bonchev–Trinajstić information content (AvgIpc) is 3.22. The van der Waals surface area contributed by atoms with E-state index in [9.17, 15) is 0 Å². The number of thiophene rings is 1. The lowest BCUT2D eigenvalue weighted by Crippen LogP contribution is -1.99. The number of aromatic nitrogens is 1. The molecule has 3 nitrogen and oxygen atoms in total. The average molecular weight is 350 g/mol. The molecule has 4 rings (SSSR count). The summed E-state index contributed by atoms with van der Waals surface area (Å²) in [5.41, 5.74) is 10.8. The minimum Gasteiger partial charge on any atom is -0.497 e. The normalized spacial score (nSPS) is 11.4. The minimum absolute atomic E-state index is 0.738. The van der Waals surface area contributed by atoms with Crippen LogP contribution in [0.5, 0.6) is 5.75 Å². The molecule has 4 heteroatoms. The zero-order valence-electron chi connectivity index (χ0n) is 14.3. The third-order valence-electron chi connectivity index (χ3n) is 4.74. The predicted molar refractivity (Wildman–Crippen MR) is 108 cm³/mol. The second kappa shape index (κ2) is 6.90. The smallest absolute Gasteiger partial charge is 0.119 e. The Balaban J connectivity index is 1.90. The Hall–Kier alpha value is -2.30. The first-order chi connectivity index (χ1) is 12.3. The molecule has 2 aromatic heterocycles. The van der Waals surface area contributed by atoms with E-state index < -0.39 is 0 Å². The van der Waals surface area contributed by atoms with Crippen LogP contribution >= 0.6 is 11.3 Å². The van der Waals surface area contributed by atoms with Crippen molar-refractivity contribution >= 4 is 32.3 Å². The summed E-state index contributed by atoms with van der Waals surface area (Å²) in [7, 11) is 1.72. The molecular weight excluding hydrogens is 328 g/mol. The maximum absolute atomic E-state index is 5.71. The fraction of sp³-hybridized carbons (Fsp3) is 0.238. The van der Waals surface area contributed by atoms with E-state index in [0.717, 1.165) is 37.1 Å². The molecule has 2 aromatic carbocycles. The summed E-state index contributed by atoms with van der Waals surface area (Å²) >= 11 is 1.80. The molecule has 0 aliphatic carbocycles. The second-order valence-corrected chi connectivity index (χ2v) is 7.19. The van der Waals surface area contributed by atoms with Crippen molar-refractivity contribution in [3.8, 4) is 17.0 Å². The summed E-state index contributed by atoms with van der Waals surface area (Å²) in [6.07, 6.45) is 3.15. The van der Waals surface area contributed by atoms with E-state index >= 15 is 0 Å². The molecule has 3 N–H and O–H groups in total. The van der Waals surface area contributed by atoms with Crippen molar-refractivity contribution in [2.24, 2.45) is 5.73 Å². The van der Waals surface area contributed by atoms with Crippen molar-refractivity contribution in [3.63, 3.8) is 0 Å². The summed E-state index contributed by atoms with van der Waals surface area (Å²) < 4.78 is 6.76. The summed E-state index contributed by atoms with van der Waals surface area (Å²) in [6, 6.07) is 14.9. The molecule has 0 atom stereocenters. The van der Waals surface area contributed by atoms with Gasteiger partial charge in [-0.2, -0.15) is 0 Å². The van der Waals surface area contributed by atoms with Crippen LogP contribution in [0.4, 0.5) is 0 Å². The maximum Gasteiger partial charge on any atom is 0.119 e. The molecule has 0 saturated heterocycles. The number of rotatable bonds is 6. The van der Waals surface area contributed by atoms with E-state index in [-0.39, 0.29) is 0 Å². The van der Waals surface area contributed by atoms with Crippen LogP contribution in [0.15, 0.2) is 47.8 Å². The zero-order valence-corrected chi connectivity index (χ0v) is 15.2. The molecule has 0 radical (unpaired) electrons. The molecule has 0 fully saturated rings. The van der Waals surface area contributed by atoms with E-state index in [2.05, 4.69) is 46.8 Å². The number of ether oxygens (including phenoxy) is 1. The van der Waals surface area contributed by atoms with Crippen molar-refractivity contribution in [1.29, 1.82) is 0 Å². The van der Waals surface area contributed by atoms with Gasteiger partial charge in [-0.1, -0.05) is 18.2 Å². The van der Waals surface area contributed by atoms with Gasteiger partial charge in [0.05, 0.1) is 12.8 Å². The van der Waals surface area contributed by atoms with Crippen LogP contribution in [0.3, 0.4) is 0 Å². The van der Waals surface area contributed by atoms with Gasteiger partial charge in [-0.25, -0.2) is 0 Å². The third kappa shape index (κ3) is 2.92. The van der Waals surface area contributed by atoms with Gasteiger partial charge >= 0.3 is 0 Å². The molecule has 0 unspecified atom stereocenters. The molecule has 0 amide bonds. The minimum atomic E-state index is 0.738. The highest BCUT2D eigenvalue weighted by Gasteiger charge is 2.16. The fourth-order valence-corrected chi connectivity index (χ4v) is 4.41. The van der Waals surface area contributed by atoms with Gasteiger partial charge in [0.1, 0.15) is 5.75 Å². The molecule has 4 aromatic rings. The van der Waals surface area contributed by atoms with E-state index in [1.54, 1.807) is 18.4 Å². The van der Waals surface area contributed by atoms with Gasteiger partial charge in [-0.3, -0.25) is 0 Å². The highest BCUT2D eigenvalue weighted by atomic mass is 32.1. The summed E-state index contributed by atoms with van der Waals surface area (Å²) in [4.78, 5) is 3.66. The van der Waals surface area contributed by atoms with Gasteiger partial charge in [0, 0.05) is 31.9 Å². The zero-order chi connectivity index (χ0) is 17.2. The van der Waals surface area contributed by atoms with Crippen LogP contribution in [-0.2, 0) is 6.42 Å². The Morgan fingerprint density at radius 1 is 1.08 bits per heavy atom. The number of benzene rings is 2. The number of unbranched alkanes of at least 4 members (excludes halogenated alkanes) is 1. The maximum atomic E-state index is 5.71. The van der Waals surface area contributed by atoms with Crippen molar-refractivity contribution in [1.82, 2.24) is 4.98 Å². The molecule has 25 heavy (non-hydrogen) atoms. The van der Waals surface area contributed by atoms with Crippen LogP contribution < -0.4 is 10.5 Å². The molecular formula is C21H22N2OS. The number of hydrogen-bond donors (Lipinski definition) is 2. The van der Waals surface area contributed by atoms with Crippen LogP contribution in [0, 0.1) is 0 Å². The lowest BCUT2D eigenvalue weighted by atomic mass is 10.00. The van der Waals surface area contributed by atoms with Gasteiger partial charge in [0.2, 0.25) is 0 Å². The van der Waals surface area contributed by atoms with Crippen LogP contribution in [0.2, 0.25) is 0 Å². The third-order valence-corrected chi connectivity index (χ3v) is 5.71. The fourth-order valence-electron chi connectivity index (χ4n) is 3.46. The second-order valence-electron chi connectivity index (χ2n) is 6.28. The van der Waals surface area contributed by atoms with Gasteiger partial charge in [0.15, 0.2) is 0 Å². The van der Waals surface area contributed by atoms with Crippen LogP contribution in [-0.4, -0.2) is 18.6 Å². The molecule has 0 bridgehead atoms. The monoisotopic (exact) mass is 350 g/mol. The largest absolute Gasteiger partial charge is 0.497 e. The molecule has 128 valence electrons. The van der Waals surface area contributed by atoms with Crippen LogP contribution in [0.25, 0.3) is 32.2 Å². The molecule has 0 saturated carbocycles. The highest BCUT2D eigenvalue weighted by molar-refractivity contribution is 7.17. The standard InChI is InChI=1S/C21H22N2OS/c1-24-14-9-10-19-17(12-14)16(7-4-5-11-22)21(23-19)18-13-25-20-8-3-2-6-15(18)20/h2-3,6,8-10,12-13,23H,4-5,7,11,22H2,1H3. The number of fused-ring (bicyclic) bond motifs is 2. The number of aryl methyl sites for hydroxylation is 1. The lowest BCUT2D eigenvalue weighted by Gasteiger charge is -2.05. The molecule has 0 aliphatic heterocycles. The van der Waals surface area contributed by atoms with Gasteiger partial charge in [0.25, 0.3) is 0 Å². The first-order valence-corrected chi connectivity index (χ1v) is 9.55. The predicted octanol–water partition coefficient (Wildman–Crippen LogP) is 5.34. The van der Waals surface area contributed by atoms with Gasteiger partial charge in [-0.05, 0) is 55.6 Å². The summed E-state index contributed by atoms with van der Waals surface area (Å²) in [5, 5.41) is 4.83. The van der Waals surface area contributed by atoms with Gasteiger partial charge < -0.3 is 15.5 Å².